The Morgan fingerprint density at radius 1 is 1.15 bits per heavy atom. The van der Waals surface area contributed by atoms with Crippen LogP contribution in [0.5, 0.6) is 5.75 Å². The van der Waals surface area contributed by atoms with Gasteiger partial charge in [0.2, 0.25) is 0 Å². The molecule has 1 aromatic rings. The number of hydrogen-bond donors (Lipinski definition) is 1. The summed E-state index contributed by atoms with van der Waals surface area (Å²) in [4.78, 5) is 0. The van der Waals surface area contributed by atoms with Gasteiger partial charge in [-0.05, 0) is 44.4 Å². The van der Waals surface area contributed by atoms with Gasteiger partial charge in [-0.25, -0.2) is 0 Å². The summed E-state index contributed by atoms with van der Waals surface area (Å²) < 4.78 is 6.12. The summed E-state index contributed by atoms with van der Waals surface area (Å²) in [5.41, 5.74) is 2.53. The van der Waals surface area contributed by atoms with Crippen LogP contribution in [0.15, 0.2) is 18.2 Å². The van der Waals surface area contributed by atoms with Crippen molar-refractivity contribution in [3.8, 4) is 5.75 Å². The van der Waals surface area contributed by atoms with Gasteiger partial charge >= 0.3 is 0 Å². The molecule has 0 fully saturated rings. The third-order valence-electron chi connectivity index (χ3n) is 3.97. The molecule has 0 saturated carbocycles. The summed E-state index contributed by atoms with van der Waals surface area (Å²) in [6.07, 6.45) is 3.52. The van der Waals surface area contributed by atoms with Crippen molar-refractivity contribution in [1.29, 1.82) is 0 Å². The van der Waals surface area contributed by atoms with Crippen molar-refractivity contribution in [2.24, 2.45) is 5.92 Å². The van der Waals surface area contributed by atoms with E-state index in [2.05, 4.69) is 58.1 Å². The highest BCUT2D eigenvalue weighted by Crippen LogP contribution is 2.27. The minimum Gasteiger partial charge on any atom is -0.493 e. The lowest BCUT2D eigenvalue weighted by atomic mass is 10.0. The number of benzene rings is 1. The molecule has 0 aliphatic heterocycles. The molecule has 1 rings (SSSR count). The summed E-state index contributed by atoms with van der Waals surface area (Å²) >= 11 is 0. The average Bonchev–Trinajstić information content (AvgIpc) is 2.46. The quantitative estimate of drug-likeness (QED) is 0.695. The number of rotatable bonds is 9. The molecule has 1 aromatic carbocycles. The van der Waals surface area contributed by atoms with Crippen LogP contribution in [0.1, 0.15) is 64.1 Å². The maximum Gasteiger partial charge on any atom is 0.124 e. The first-order chi connectivity index (χ1) is 9.62. The first kappa shape index (κ1) is 17.0. The van der Waals surface area contributed by atoms with Gasteiger partial charge in [0, 0.05) is 11.6 Å². The Kier molecular flexibility index (Phi) is 7.68. The SMILES string of the molecule is CCCNC(C)c1ccc(C)cc1OCC(CC)CC. The molecular weight excluding hydrogens is 246 g/mol. The van der Waals surface area contributed by atoms with Crippen LogP contribution >= 0.6 is 0 Å². The van der Waals surface area contributed by atoms with Gasteiger partial charge in [-0.15, -0.1) is 0 Å². The van der Waals surface area contributed by atoms with Crippen molar-refractivity contribution in [3.05, 3.63) is 29.3 Å². The predicted octanol–water partition coefficient (Wildman–Crippen LogP) is 4.87. The van der Waals surface area contributed by atoms with Gasteiger partial charge in [0.1, 0.15) is 5.75 Å². The summed E-state index contributed by atoms with van der Waals surface area (Å²) in [6, 6.07) is 6.88. The van der Waals surface area contributed by atoms with E-state index in [4.69, 9.17) is 4.74 Å². The predicted molar refractivity (Wildman–Crippen MR) is 87.5 cm³/mol. The van der Waals surface area contributed by atoms with E-state index in [0.717, 1.165) is 25.3 Å². The van der Waals surface area contributed by atoms with E-state index in [0.29, 0.717) is 12.0 Å². The summed E-state index contributed by atoms with van der Waals surface area (Å²) in [7, 11) is 0. The lowest BCUT2D eigenvalue weighted by Crippen LogP contribution is -2.20. The van der Waals surface area contributed by atoms with Crippen molar-refractivity contribution in [2.45, 2.75) is 59.9 Å². The molecule has 20 heavy (non-hydrogen) atoms. The zero-order valence-corrected chi connectivity index (χ0v) is 13.8. The summed E-state index contributed by atoms with van der Waals surface area (Å²) in [6.45, 7) is 12.9. The maximum absolute atomic E-state index is 6.12. The van der Waals surface area contributed by atoms with Crippen LogP contribution in [-0.2, 0) is 0 Å². The van der Waals surface area contributed by atoms with E-state index in [9.17, 15) is 0 Å². The number of nitrogens with one attached hydrogen (secondary N) is 1. The van der Waals surface area contributed by atoms with Gasteiger partial charge < -0.3 is 10.1 Å². The van der Waals surface area contributed by atoms with E-state index in [1.165, 1.54) is 24.0 Å². The van der Waals surface area contributed by atoms with Crippen LogP contribution in [0.3, 0.4) is 0 Å². The zero-order chi connectivity index (χ0) is 15.0. The highest BCUT2D eigenvalue weighted by Gasteiger charge is 2.13. The van der Waals surface area contributed by atoms with Gasteiger partial charge in [0.15, 0.2) is 0 Å². The lowest BCUT2D eigenvalue weighted by molar-refractivity contribution is 0.237. The Hall–Kier alpha value is -1.02. The number of aryl methyl sites for hydroxylation is 1. The van der Waals surface area contributed by atoms with Crippen LogP contribution in [0, 0.1) is 12.8 Å². The normalized spacial score (nSPS) is 12.7. The number of hydrogen-bond acceptors (Lipinski definition) is 2. The molecule has 2 heteroatoms. The highest BCUT2D eigenvalue weighted by molar-refractivity contribution is 5.39. The smallest absolute Gasteiger partial charge is 0.124 e. The molecule has 0 spiro atoms. The van der Waals surface area contributed by atoms with Gasteiger partial charge in [-0.3, -0.25) is 0 Å². The van der Waals surface area contributed by atoms with Crippen molar-refractivity contribution >= 4 is 0 Å². The fraction of sp³-hybridized carbons (Fsp3) is 0.667. The molecule has 0 heterocycles. The van der Waals surface area contributed by atoms with Crippen LogP contribution in [0.2, 0.25) is 0 Å². The molecule has 0 aliphatic rings. The molecule has 0 bridgehead atoms. The third-order valence-corrected chi connectivity index (χ3v) is 3.97. The first-order valence-electron chi connectivity index (χ1n) is 8.09. The first-order valence-corrected chi connectivity index (χ1v) is 8.09. The fourth-order valence-electron chi connectivity index (χ4n) is 2.33. The van der Waals surface area contributed by atoms with Gasteiger partial charge in [0.25, 0.3) is 0 Å². The van der Waals surface area contributed by atoms with Gasteiger partial charge in [-0.2, -0.15) is 0 Å². The van der Waals surface area contributed by atoms with Crippen LogP contribution in [-0.4, -0.2) is 13.2 Å². The molecule has 1 atom stereocenters. The molecule has 0 aromatic heterocycles. The largest absolute Gasteiger partial charge is 0.493 e. The van der Waals surface area contributed by atoms with Crippen LogP contribution in [0.25, 0.3) is 0 Å². The lowest BCUT2D eigenvalue weighted by Gasteiger charge is -2.21. The Labute approximate surface area is 124 Å². The Bertz CT molecular complexity index is 385. The average molecular weight is 277 g/mol. The van der Waals surface area contributed by atoms with Crippen molar-refractivity contribution in [3.63, 3.8) is 0 Å². The Balaban J connectivity index is 2.78. The van der Waals surface area contributed by atoms with E-state index < -0.39 is 0 Å². The Morgan fingerprint density at radius 3 is 2.45 bits per heavy atom. The van der Waals surface area contributed by atoms with E-state index >= 15 is 0 Å². The molecule has 1 unspecified atom stereocenters. The maximum atomic E-state index is 6.12. The van der Waals surface area contributed by atoms with Crippen LogP contribution in [0.4, 0.5) is 0 Å². The summed E-state index contributed by atoms with van der Waals surface area (Å²) in [5.74, 6) is 1.70. The van der Waals surface area contributed by atoms with E-state index in [-0.39, 0.29) is 0 Å². The summed E-state index contributed by atoms with van der Waals surface area (Å²) in [5, 5.41) is 3.54. The molecular formula is C18H31NO. The standard InChI is InChI=1S/C18H31NO/c1-6-11-19-15(5)17-10-9-14(4)12-18(17)20-13-16(7-2)8-3/h9-10,12,15-16,19H,6-8,11,13H2,1-5H3. The molecule has 114 valence electrons. The molecule has 0 saturated heterocycles. The van der Waals surface area contributed by atoms with Gasteiger partial charge in [0.05, 0.1) is 6.61 Å². The van der Waals surface area contributed by atoms with E-state index in [1.807, 2.05) is 0 Å². The van der Waals surface area contributed by atoms with Gasteiger partial charge in [-0.1, -0.05) is 45.7 Å². The topological polar surface area (TPSA) is 21.3 Å². The minimum absolute atomic E-state index is 0.340. The molecule has 0 amide bonds. The third kappa shape index (κ3) is 5.16. The second-order valence-electron chi connectivity index (χ2n) is 5.71. The van der Waals surface area contributed by atoms with Crippen molar-refractivity contribution in [1.82, 2.24) is 5.32 Å². The molecule has 1 N–H and O–H groups in total. The molecule has 0 radical (unpaired) electrons. The van der Waals surface area contributed by atoms with Crippen LogP contribution < -0.4 is 10.1 Å². The fourth-order valence-corrected chi connectivity index (χ4v) is 2.33. The highest BCUT2D eigenvalue weighted by atomic mass is 16.5. The monoisotopic (exact) mass is 277 g/mol. The minimum atomic E-state index is 0.340. The molecule has 2 nitrogen and oxygen atoms in total. The van der Waals surface area contributed by atoms with E-state index in [1.54, 1.807) is 0 Å². The number of ether oxygens (including phenoxy) is 1. The van der Waals surface area contributed by atoms with Crippen molar-refractivity contribution in [2.75, 3.05) is 13.2 Å². The van der Waals surface area contributed by atoms with Crippen molar-refractivity contribution < 1.29 is 4.74 Å². The second kappa shape index (κ2) is 9.02. The Morgan fingerprint density at radius 2 is 1.85 bits per heavy atom. The zero-order valence-electron chi connectivity index (χ0n) is 13.8. The molecule has 0 aliphatic carbocycles. The second-order valence-corrected chi connectivity index (χ2v) is 5.71.